The molecule has 0 aromatic heterocycles. The molecular formula is C20H18BrCl2FN2O3. The number of amides is 1. The molecule has 2 aliphatic heterocycles. The van der Waals surface area contributed by atoms with E-state index in [4.69, 9.17) is 27.9 Å². The Balaban J connectivity index is 1.47. The molecule has 2 heterocycles. The van der Waals surface area contributed by atoms with Crippen LogP contribution in [0.4, 0.5) is 4.39 Å². The van der Waals surface area contributed by atoms with Crippen LogP contribution in [0.25, 0.3) is 0 Å². The van der Waals surface area contributed by atoms with E-state index in [0.29, 0.717) is 40.3 Å². The van der Waals surface area contributed by atoms with Gasteiger partial charge in [0.25, 0.3) is 5.91 Å². The number of hydrogen-bond acceptors (Lipinski definition) is 4. The van der Waals surface area contributed by atoms with Crippen LogP contribution in [0.2, 0.25) is 10.0 Å². The van der Waals surface area contributed by atoms with Gasteiger partial charge in [-0.2, -0.15) is 0 Å². The summed E-state index contributed by atoms with van der Waals surface area (Å²) in [7, 11) is 0. The molecule has 4 rings (SSSR count). The molecule has 1 amide bonds. The minimum absolute atomic E-state index is 0.0603. The average molecular weight is 504 g/mol. The molecule has 2 saturated heterocycles. The van der Waals surface area contributed by atoms with E-state index < -0.39 is 11.6 Å². The Morgan fingerprint density at radius 2 is 2.07 bits per heavy atom. The molecule has 2 fully saturated rings. The molecule has 154 valence electrons. The number of nitrogens with zero attached hydrogens (tertiary/aromatic N) is 2. The minimum Gasteiger partial charge on any atom is -0.361 e. The Morgan fingerprint density at radius 1 is 1.28 bits per heavy atom. The van der Waals surface area contributed by atoms with Gasteiger partial charge in [0.1, 0.15) is 5.82 Å². The standard InChI is InChI=1S/C20H18BrCl2FN2O3/c21-15-3-1-2-14(18(15)23)19(27)25-6-7-26-11-20(28,29-10-13(26)9-25)12-4-5-17(24)16(22)8-12/h1-5,8,13,28H,6-7,9-11H2/t13-,20-/m0/s1. The van der Waals surface area contributed by atoms with Crippen LogP contribution < -0.4 is 0 Å². The number of carbonyl (C=O) groups excluding carboxylic acids is 1. The molecule has 2 aromatic carbocycles. The van der Waals surface area contributed by atoms with Gasteiger partial charge in [0.05, 0.1) is 34.8 Å². The zero-order valence-electron chi connectivity index (χ0n) is 15.2. The van der Waals surface area contributed by atoms with Crippen molar-refractivity contribution < 1.29 is 19.0 Å². The smallest absolute Gasteiger partial charge is 0.255 e. The van der Waals surface area contributed by atoms with Crippen LogP contribution in [0.1, 0.15) is 15.9 Å². The first-order valence-corrected chi connectivity index (χ1v) is 10.6. The number of fused-ring (bicyclic) bond motifs is 1. The van der Waals surface area contributed by atoms with Crippen LogP contribution in [0.3, 0.4) is 0 Å². The highest BCUT2D eigenvalue weighted by atomic mass is 79.9. The Bertz CT molecular complexity index is 963. The zero-order chi connectivity index (χ0) is 20.8. The zero-order valence-corrected chi connectivity index (χ0v) is 18.3. The molecule has 2 aromatic rings. The third kappa shape index (κ3) is 4.04. The van der Waals surface area contributed by atoms with Crippen molar-refractivity contribution in [2.75, 3.05) is 32.8 Å². The lowest BCUT2D eigenvalue weighted by Gasteiger charge is -2.48. The van der Waals surface area contributed by atoms with Gasteiger partial charge >= 0.3 is 0 Å². The van der Waals surface area contributed by atoms with Crippen molar-refractivity contribution in [2.24, 2.45) is 0 Å². The van der Waals surface area contributed by atoms with Crippen LogP contribution in [0.5, 0.6) is 0 Å². The van der Waals surface area contributed by atoms with Crippen molar-refractivity contribution in [2.45, 2.75) is 11.8 Å². The summed E-state index contributed by atoms with van der Waals surface area (Å²) < 4.78 is 19.9. The molecule has 9 heteroatoms. The third-order valence-electron chi connectivity index (χ3n) is 5.38. The van der Waals surface area contributed by atoms with E-state index in [0.717, 1.165) is 0 Å². The van der Waals surface area contributed by atoms with Gasteiger partial charge in [0.15, 0.2) is 0 Å². The number of halogens is 4. The molecule has 0 saturated carbocycles. The molecule has 2 atom stereocenters. The van der Waals surface area contributed by atoms with Crippen molar-refractivity contribution in [3.63, 3.8) is 0 Å². The van der Waals surface area contributed by atoms with Crippen molar-refractivity contribution in [1.82, 2.24) is 9.80 Å². The minimum atomic E-state index is -1.58. The SMILES string of the molecule is O=C(c1cccc(Br)c1Cl)N1CCN2C[C@@](O)(c3ccc(F)c(Cl)c3)OC[C@@H]2C1. The number of aliphatic hydroxyl groups is 1. The molecule has 0 spiro atoms. The summed E-state index contributed by atoms with van der Waals surface area (Å²) in [6, 6.07) is 9.27. The molecule has 0 bridgehead atoms. The van der Waals surface area contributed by atoms with E-state index in [1.54, 1.807) is 23.1 Å². The molecule has 2 aliphatic rings. The highest BCUT2D eigenvalue weighted by Gasteiger charge is 2.43. The molecule has 29 heavy (non-hydrogen) atoms. The predicted octanol–water partition coefficient (Wildman–Crippen LogP) is 3.90. The van der Waals surface area contributed by atoms with Crippen molar-refractivity contribution in [1.29, 1.82) is 0 Å². The first-order valence-electron chi connectivity index (χ1n) is 9.08. The second-order valence-electron chi connectivity index (χ2n) is 7.20. The topological polar surface area (TPSA) is 53.0 Å². The Labute approximate surface area is 186 Å². The normalized spacial score (nSPS) is 25.0. The molecule has 0 unspecified atom stereocenters. The fourth-order valence-electron chi connectivity index (χ4n) is 3.75. The lowest BCUT2D eigenvalue weighted by Crippen LogP contribution is -2.63. The molecule has 1 N–H and O–H groups in total. The van der Waals surface area contributed by atoms with E-state index in [2.05, 4.69) is 20.8 Å². The summed E-state index contributed by atoms with van der Waals surface area (Å²) >= 11 is 15.5. The molecule has 0 radical (unpaired) electrons. The molecule has 0 aliphatic carbocycles. The molecular weight excluding hydrogens is 486 g/mol. The van der Waals surface area contributed by atoms with Crippen molar-refractivity contribution in [3.05, 3.63) is 67.9 Å². The van der Waals surface area contributed by atoms with Crippen molar-refractivity contribution >= 4 is 45.0 Å². The lowest BCUT2D eigenvalue weighted by molar-refractivity contribution is -0.265. The van der Waals surface area contributed by atoms with Gasteiger partial charge in [-0.05, 0) is 40.2 Å². The largest absolute Gasteiger partial charge is 0.361 e. The number of benzene rings is 2. The van der Waals surface area contributed by atoms with Gasteiger partial charge in [-0.3, -0.25) is 9.69 Å². The van der Waals surface area contributed by atoms with Crippen LogP contribution in [-0.4, -0.2) is 59.6 Å². The Morgan fingerprint density at radius 3 is 2.83 bits per heavy atom. The second kappa shape index (κ2) is 8.13. The summed E-state index contributed by atoms with van der Waals surface area (Å²) in [5.74, 6) is -2.26. The van der Waals surface area contributed by atoms with E-state index >= 15 is 0 Å². The summed E-state index contributed by atoms with van der Waals surface area (Å²) in [6.45, 7) is 1.96. The van der Waals surface area contributed by atoms with Crippen LogP contribution in [-0.2, 0) is 10.5 Å². The van der Waals surface area contributed by atoms with Gasteiger partial charge in [0, 0.05) is 29.7 Å². The van der Waals surface area contributed by atoms with Gasteiger partial charge in [-0.1, -0.05) is 35.3 Å². The quantitative estimate of drug-likeness (QED) is 0.675. The number of ether oxygens (including phenoxy) is 1. The van der Waals surface area contributed by atoms with Crippen LogP contribution in [0, 0.1) is 5.82 Å². The maximum atomic E-state index is 13.5. The number of hydrogen-bond donors (Lipinski definition) is 1. The first kappa shape index (κ1) is 21.0. The summed E-state index contributed by atoms with van der Waals surface area (Å²) in [4.78, 5) is 16.8. The summed E-state index contributed by atoms with van der Waals surface area (Å²) in [5, 5.41) is 11.3. The van der Waals surface area contributed by atoms with Gasteiger partial charge in [-0.25, -0.2) is 4.39 Å². The van der Waals surface area contributed by atoms with Gasteiger partial charge in [-0.15, -0.1) is 0 Å². The highest BCUT2D eigenvalue weighted by Crippen LogP contribution is 2.33. The second-order valence-corrected chi connectivity index (χ2v) is 8.84. The van der Waals surface area contributed by atoms with Gasteiger partial charge < -0.3 is 14.7 Å². The number of rotatable bonds is 2. The number of morpholine rings is 1. The highest BCUT2D eigenvalue weighted by molar-refractivity contribution is 9.10. The van der Waals surface area contributed by atoms with Crippen molar-refractivity contribution in [3.8, 4) is 0 Å². The summed E-state index contributed by atoms with van der Waals surface area (Å²) in [6.07, 6.45) is 0. The van der Waals surface area contributed by atoms with E-state index in [-0.39, 0.29) is 30.1 Å². The summed E-state index contributed by atoms with van der Waals surface area (Å²) in [5.41, 5.74) is 0.852. The fourth-order valence-corrected chi connectivity index (χ4v) is 4.51. The predicted molar refractivity (Wildman–Crippen MR) is 112 cm³/mol. The van der Waals surface area contributed by atoms with E-state index in [9.17, 15) is 14.3 Å². The fraction of sp³-hybridized carbons (Fsp3) is 0.350. The van der Waals surface area contributed by atoms with Gasteiger partial charge in [0.2, 0.25) is 5.79 Å². The average Bonchev–Trinajstić information content (AvgIpc) is 2.71. The Kier molecular flexibility index (Phi) is 5.90. The Hall–Kier alpha value is -1.22. The van der Waals surface area contributed by atoms with Crippen LogP contribution >= 0.6 is 39.1 Å². The lowest BCUT2D eigenvalue weighted by atomic mass is 10.00. The third-order valence-corrected chi connectivity index (χ3v) is 6.96. The number of piperazine rings is 1. The van der Waals surface area contributed by atoms with Crippen LogP contribution in [0.15, 0.2) is 40.9 Å². The number of carbonyl (C=O) groups is 1. The molecule has 5 nitrogen and oxygen atoms in total. The maximum absolute atomic E-state index is 13.5. The van der Waals surface area contributed by atoms with E-state index in [1.165, 1.54) is 18.2 Å². The van der Waals surface area contributed by atoms with E-state index in [1.807, 2.05) is 0 Å². The maximum Gasteiger partial charge on any atom is 0.255 e. The monoisotopic (exact) mass is 502 g/mol. The first-order chi connectivity index (χ1) is 13.8.